The van der Waals surface area contributed by atoms with Crippen LogP contribution in [0.1, 0.15) is 28.7 Å². The summed E-state index contributed by atoms with van der Waals surface area (Å²) in [5.74, 6) is 0.682. The van der Waals surface area contributed by atoms with E-state index in [1.165, 1.54) is 36.1 Å². The van der Waals surface area contributed by atoms with Gasteiger partial charge in [-0.25, -0.2) is 0 Å². The fourth-order valence-electron chi connectivity index (χ4n) is 2.84. The van der Waals surface area contributed by atoms with E-state index in [2.05, 4.69) is 47.8 Å². The molecule has 1 aliphatic carbocycles. The van der Waals surface area contributed by atoms with Crippen molar-refractivity contribution in [1.29, 1.82) is 0 Å². The van der Waals surface area contributed by atoms with Gasteiger partial charge in [0.1, 0.15) is 0 Å². The Balaban J connectivity index is 1.61. The van der Waals surface area contributed by atoms with Gasteiger partial charge in [0.25, 0.3) is 0 Å². The molecule has 0 amide bonds. The van der Waals surface area contributed by atoms with Crippen LogP contribution in [-0.2, 0) is 25.8 Å². The highest BCUT2D eigenvalue weighted by atomic mass is 35.5. The Bertz CT molecular complexity index is 574. The van der Waals surface area contributed by atoms with Crippen LogP contribution < -0.4 is 5.32 Å². The minimum absolute atomic E-state index is 0.682. The van der Waals surface area contributed by atoms with Crippen LogP contribution in [0.5, 0.6) is 0 Å². The van der Waals surface area contributed by atoms with E-state index in [9.17, 15) is 0 Å². The molecule has 0 spiro atoms. The van der Waals surface area contributed by atoms with Gasteiger partial charge in [0.2, 0.25) is 0 Å². The fraction of sp³-hybridized carbons (Fsp3) is 0.333. The molecule has 0 saturated heterocycles. The SMILES string of the molecule is ClCCc1ccc(NCc2ccc3c(c2)CCC3)cc1. The van der Waals surface area contributed by atoms with Gasteiger partial charge in [0.05, 0.1) is 0 Å². The Morgan fingerprint density at radius 2 is 1.65 bits per heavy atom. The van der Waals surface area contributed by atoms with Crippen molar-refractivity contribution in [3.05, 3.63) is 64.7 Å². The van der Waals surface area contributed by atoms with Crippen LogP contribution in [0.2, 0.25) is 0 Å². The first-order chi connectivity index (χ1) is 9.85. The number of alkyl halides is 1. The lowest BCUT2D eigenvalue weighted by Crippen LogP contribution is -2.00. The molecule has 0 radical (unpaired) electrons. The molecule has 0 saturated carbocycles. The number of anilines is 1. The molecule has 2 aromatic rings. The maximum Gasteiger partial charge on any atom is 0.0400 e. The number of hydrogen-bond donors (Lipinski definition) is 1. The summed E-state index contributed by atoms with van der Waals surface area (Å²) in [4.78, 5) is 0. The largest absolute Gasteiger partial charge is 0.381 e. The number of aryl methyl sites for hydroxylation is 3. The second-order valence-electron chi connectivity index (χ2n) is 5.45. The molecule has 1 N–H and O–H groups in total. The van der Waals surface area contributed by atoms with E-state index in [4.69, 9.17) is 11.6 Å². The average Bonchev–Trinajstić information content (AvgIpc) is 2.94. The van der Waals surface area contributed by atoms with Gasteiger partial charge in [0.15, 0.2) is 0 Å². The highest BCUT2D eigenvalue weighted by Gasteiger charge is 2.10. The Hall–Kier alpha value is -1.47. The molecule has 0 atom stereocenters. The summed E-state index contributed by atoms with van der Waals surface area (Å²) in [6, 6.07) is 15.5. The van der Waals surface area contributed by atoms with Crippen LogP contribution in [0.4, 0.5) is 5.69 Å². The summed E-state index contributed by atoms with van der Waals surface area (Å²) in [6.07, 6.45) is 4.75. The van der Waals surface area contributed by atoms with Gasteiger partial charge >= 0.3 is 0 Å². The van der Waals surface area contributed by atoms with Gasteiger partial charge < -0.3 is 5.32 Å². The molecule has 0 aromatic heterocycles. The van der Waals surface area contributed by atoms with E-state index >= 15 is 0 Å². The molecule has 1 aliphatic rings. The number of hydrogen-bond acceptors (Lipinski definition) is 1. The average molecular weight is 286 g/mol. The van der Waals surface area contributed by atoms with Crippen molar-refractivity contribution in [2.75, 3.05) is 11.2 Å². The second kappa shape index (κ2) is 6.32. The molecular weight excluding hydrogens is 266 g/mol. The highest BCUT2D eigenvalue weighted by molar-refractivity contribution is 6.17. The Morgan fingerprint density at radius 1 is 0.900 bits per heavy atom. The molecule has 0 unspecified atom stereocenters. The third-order valence-electron chi connectivity index (χ3n) is 4.00. The smallest absolute Gasteiger partial charge is 0.0400 e. The zero-order valence-corrected chi connectivity index (χ0v) is 12.4. The lowest BCUT2D eigenvalue weighted by atomic mass is 10.1. The van der Waals surface area contributed by atoms with Crippen LogP contribution in [0.15, 0.2) is 42.5 Å². The van der Waals surface area contributed by atoms with E-state index in [1.807, 2.05) is 0 Å². The monoisotopic (exact) mass is 285 g/mol. The van der Waals surface area contributed by atoms with Crippen molar-refractivity contribution in [3.63, 3.8) is 0 Å². The van der Waals surface area contributed by atoms with E-state index in [1.54, 1.807) is 11.1 Å². The van der Waals surface area contributed by atoms with Crippen LogP contribution in [0.25, 0.3) is 0 Å². The minimum Gasteiger partial charge on any atom is -0.381 e. The first-order valence-corrected chi connectivity index (χ1v) is 7.88. The highest BCUT2D eigenvalue weighted by Crippen LogP contribution is 2.23. The zero-order chi connectivity index (χ0) is 13.8. The van der Waals surface area contributed by atoms with Crippen molar-refractivity contribution in [2.45, 2.75) is 32.2 Å². The lowest BCUT2D eigenvalue weighted by Gasteiger charge is -2.09. The maximum absolute atomic E-state index is 5.75. The number of fused-ring (bicyclic) bond motifs is 1. The van der Waals surface area contributed by atoms with E-state index in [0.29, 0.717) is 5.88 Å². The van der Waals surface area contributed by atoms with Crippen LogP contribution >= 0.6 is 11.6 Å². The minimum atomic E-state index is 0.682. The van der Waals surface area contributed by atoms with Gasteiger partial charge in [-0.3, -0.25) is 0 Å². The van der Waals surface area contributed by atoms with Crippen molar-refractivity contribution in [2.24, 2.45) is 0 Å². The summed E-state index contributed by atoms with van der Waals surface area (Å²) >= 11 is 5.75. The zero-order valence-electron chi connectivity index (χ0n) is 11.7. The summed E-state index contributed by atoms with van der Waals surface area (Å²) in [5.41, 5.74) is 6.92. The van der Waals surface area contributed by atoms with Crippen LogP contribution in [-0.4, -0.2) is 5.88 Å². The molecule has 1 nitrogen and oxygen atoms in total. The lowest BCUT2D eigenvalue weighted by molar-refractivity contribution is 0.911. The summed E-state index contributed by atoms with van der Waals surface area (Å²) in [7, 11) is 0. The number of nitrogens with one attached hydrogen (secondary N) is 1. The van der Waals surface area contributed by atoms with E-state index in [-0.39, 0.29) is 0 Å². The quantitative estimate of drug-likeness (QED) is 0.794. The topological polar surface area (TPSA) is 12.0 Å². The second-order valence-corrected chi connectivity index (χ2v) is 5.82. The van der Waals surface area contributed by atoms with Gasteiger partial charge in [-0.05, 0) is 60.1 Å². The fourth-order valence-corrected chi connectivity index (χ4v) is 3.06. The number of rotatable bonds is 5. The van der Waals surface area contributed by atoms with Gasteiger partial charge in [0, 0.05) is 18.1 Å². The molecule has 104 valence electrons. The Labute approximate surface area is 126 Å². The molecule has 0 fully saturated rings. The normalized spacial score (nSPS) is 13.2. The maximum atomic E-state index is 5.75. The Morgan fingerprint density at radius 3 is 2.45 bits per heavy atom. The predicted octanol–water partition coefficient (Wildman–Crippen LogP) is 4.57. The molecular formula is C18H20ClN. The molecule has 2 aromatic carbocycles. The van der Waals surface area contributed by atoms with Crippen LogP contribution in [0, 0.1) is 0 Å². The molecule has 0 bridgehead atoms. The molecule has 3 rings (SSSR count). The van der Waals surface area contributed by atoms with Gasteiger partial charge in [-0.1, -0.05) is 30.3 Å². The van der Waals surface area contributed by atoms with E-state index in [0.717, 1.165) is 13.0 Å². The number of halogens is 1. The van der Waals surface area contributed by atoms with E-state index < -0.39 is 0 Å². The standard InChI is InChI=1S/C18H20ClN/c19-11-10-14-5-8-18(9-6-14)20-13-15-4-7-16-2-1-3-17(16)12-15/h4-9,12,20H,1-3,10-11,13H2. The van der Waals surface area contributed by atoms with Gasteiger partial charge in [-0.2, -0.15) is 0 Å². The van der Waals surface area contributed by atoms with Crippen LogP contribution in [0.3, 0.4) is 0 Å². The molecule has 20 heavy (non-hydrogen) atoms. The van der Waals surface area contributed by atoms with Crippen molar-refractivity contribution in [1.82, 2.24) is 0 Å². The van der Waals surface area contributed by atoms with Crippen molar-refractivity contribution < 1.29 is 0 Å². The third-order valence-corrected chi connectivity index (χ3v) is 4.19. The molecule has 0 heterocycles. The van der Waals surface area contributed by atoms with Crippen molar-refractivity contribution >= 4 is 17.3 Å². The summed E-state index contributed by atoms with van der Waals surface area (Å²) < 4.78 is 0. The summed E-state index contributed by atoms with van der Waals surface area (Å²) in [5, 5.41) is 3.49. The summed E-state index contributed by atoms with van der Waals surface area (Å²) in [6.45, 7) is 0.891. The number of benzene rings is 2. The first kappa shape index (κ1) is 13.5. The van der Waals surface area contributed by atoms with Gasteiger partial charge in [-0.15, -0.1) is 11.6 Å². The third kappa shape index (κ3) is 3.16. The van der Waals surface area contributed by atoms with Crippen molar-refractivity contribution in [3.8, 4) is 0 Å². The first-order valence-electron chi connectivity index (χ1n) is 7.34. The molecule has 2 heteroatoms. The predicted molar refractivity (Wildman–Crippen MR) is 86.7 cm³/mol. The molecule has 0 aliphatic heterocycles. The Kier molecular flexibility index (Phi) is 4.27.